The Kier molecular flexibility index (Phi) is 6.45. The molecule has 3 rings (SSSR count). The average molecular weight is 405 g/mol. The lowest BCUT2D eigenvalue weighted by atomic mass is 10.1. The number of piperidine rings is 1. The van der Waals surface area contributed by atoms with Crippen LogP contribution in [0, 0.1) is 0 Å². The van der Waals surface area contributed by atoms with Gasteiger partial charge in [0.1, 0.15) is 4.88 Å². The molecule has 1 aromatic heterocycles. The summed E-state index contributed by atoms with van der Waals surface area (Å²) < 4.78 is 32.9. The molecule has 9 heteroatoms. The molecule has 138 valence electrons. The third-order valence-corrected chi connectivity index (χ3v) is 6.98. The quantitative estimate of drug-likeness (QED) is 0.791. The van der Waals surface area contributed by atoms with E-state index in [1.165, 1.54) is 15.6 Å². The van der Waals surface area contributed by atoms with E-state index in [0.29, 0.717) is 24.6 Å². The normalized spacial score (nSPS) is 18.7. The summed E-state index contributed by atoms with van der Waals surface area (Å²) in [6, 6.07) is 6.50. The van der Waals surface area contributed by atoms with Gasteiger partial charge in [0.05, 0.1) is 11.5 Å². The first-order valence-corrected chi connectivity index (χ1v) is 10.1. The predicted molar refractivity (Wildman–Crippen MR) is 101 cm³/mol. The molecule has 2 heterocycles. The number of carbonyl (C=O) groups is 1. The third-order valence-electron chi connectivity index (χ3n) is 4.02. The van der Waals surface area contributed by atoms with Gasteiger partial charge in [0.25, 0.3) is 0 Å². The van der Waals surface area contributed by atoms with Crippen LogP contribution >= 0.6 is 23.7 Å². The van der Waals surface area contributed by atoms with Gasteiger partial charge in [0.2, 0.25) is 10.0 Å². The maximum Gasteiger partial charge on any atom is 0.348 e. The minimum atomic E-state index is -3.57. The molecule has 6 nitrogen and oxygen atoms in total. The Morgan fingerprint density at radius 3 is 2.84 bits per heavy atom. The third kappa shape index (κ3) is 4.15. The highest BCUT2D eigenvalue weighted by Crippen LogP contribution is 2.30. The van der Waals surface area contributed by atoms with Crippen LogP contribution in [0.3, 0.4) is 0 Å². The molecule has 1 unspecified atom stereocenters. The van der Waals surface area contributed by atoms with Gasteiger partial charge in [-0.2, -0.15) is 4.31 Å². The number of carbonyl (C=O) groups excluding carboxylic acids is 1. The minimum absolute atomic E-state index is 0. The Balaban J connectivity index is 0.00000225. The molecule has 1 aromatic carbocycles. The van der Waals surface area contributed by atoms with Crippen molar-refractivity contribution in [1.82, 2.24) is 4.31 Å². The summed E-state index contributed by atoms with van der Waals surface area (Å²) in [4.78, 5) is 12.5. The van der Waals surface area contributed by atoms with Crippen LogP contribution in [0.5, 0.6) is 0 Å². The molecule has 0 spiro atoms. The summed E-state index contributed by atoms with van der Waals surface area (Å²) in [5.41, 5.74) is 5.90. The van der Waals surface area contributed by atoms with E-state index in [-0.39, 0.29) is 29.3 Å². The summed E-state index contributed by atoms with van der Waals surface area (Å²) in [5.74, 6) is -0.384. The molecule has 2 aromatic rings. The second-order valence-corrected chi connectivity index (χ2v) is 8.82. The zero-order chi connectivity index (χ0) is 17.3. The van der Waals surface area contributed by atoms with Crippen molar-refractivity contribution < 1.29 is 17.9 Å². The monoisotopic (exact) mass is 404 g/mol. The molecular weight excluding hydrogens is 384 g/mol. The number of benzene rings is 1. The largest absolute Gasteiger partial charge is 0.462 e. The van der Waals surface area contributed by atoms with Crippen molar-refractivity contribution in [1.29, 1.82) is 0 Å². The van der Waals surface area contributed by atoms with E-state index in [0.717, 1.165) is 22.9 Å². The van der Waals surface area contributed by atoms with Gasteiger partial charge < -0.3 is 10.5 Å². The van der Waals surface area contributed by atoms with Crippen LogP contribution in [0.1, 0.15) is 29.4 Å². The molecule has 0 bridgehead atoms. The fraction of sp³-hybridized carbons (Fsp3) is 0.438. The van der Waals surface area contributed by atoms with Crippen LogP contribution in [-0.2, 0) is 14.8 Å². The number of nitrogens with two attached hydrogens (primary N) is 1. The summed E-state index contributed by atoms with van der Waals surface area (Å²) >= 11 is 1.30. The van der Waals surface area contributed by atoms with E-state index in [9.17, 15) is 13.2 Å². The number of hydrogen-bond donors (Lipinski definition) is 1. The van der Waals surface area contributed by atoms with Crippen LogP contribution in [0.25, 0.3) is 10.1 Å². The van der Waals surface area contributed by atoms with Gasteiger partial charge in [-0.1, -0.05) is 0 Å². The van der Waals surface area contributed by atoms with E-state index < -0.39 is 10.0 Å². The van der Waals surface area contributed by atoms with Crippen molar-refractivity contribution in [3.8, 4) is 0 Å². The van der Waals surface area contributed by atoms with Crippen molar-refractivity contribution in [2.75, 3.05) is 19.7 Å². The summed E-state index contributed by atoms with van der Waals surface area (Å²) in [6.07, 6.45) is 1.62. The highest BCUT2D eigenvalue weighted by molar-refractivity contribution is 7.89. The number of fused-ring (bicyclic) bond motifs is 1. The average Bonchev–Trinajstić information content (AvgIpc) is 2.98. The van der Waals surface area contributed by atoms with Crippen molar-refractivity contribution in [2.45, 2.75) is 30.7 Å². The van der Waals surface area contributed by atoms with Gasteiger partial charge >= 0.3 is 5.97 Å². The Morgan fingerprint density at radius 1 is 1.40 bits per heavy atom. The van der Waals surface area contributed by atoms with Gasteiger partial charge in [-0.3, -0.25) is 0 Å². The molecule has 1 aliphatic rings. The highest BCUT2D eigenvalue weighted by Gasteiger charge is 2.29. The Hall–Kier alpha value is -1.19. The van der Waals surface area contributed by atoms with E-state index in [4.69, 9.17) is 10.5 Å². The van der Waals surface area contributed by atoms with Crippen molar-refractivity contribution in [3.05, 3.63) is 29.1 Å². The molecule has 0 saturated carbocycles. The number of ether oxygens (including phenoxy) is 1. The summed E-state index contributed by atoms with van der Waals surface area (Å²) in [7, 11) is -3.57. The second-order valence-electron chi connectivity index (χ2n) is 5.80. The van der Waals surface area contributed by atoms with E-state index in [1.807, 2.05) is 0 Å². The lowest BCUT2D eigenvalue weighted by molar-refractivity contribution is 0.0532. The fourth-order valence-electron chi connectivity index (χ4n) is 2.83. The Labute approximate surface area is 157 Å². The van der Waals surface area contributed by atoms with Crippen LogP contribution in [-0.4, -0.2) is 44.4 Å². The van der Waals surface area contributed by atoms with Crippen molar-refractivity contribution >= 4 is 49.8 Å². The Morgan fingerprint density at radius 2 is 2.16 bits per heavy atom. The van der Waals surface area contributed by atoms with Gasteiger partial charge in [-0.15, -0.1) is 23.7 Å². The van der Waals surface area contributed by atoms with E-state index in [1.54, 1.807) is 31.2 Å². The molecule has 0 aliphatic carbocycles. The maximum absolute atomic E-state index is 12.8. The molecular formula is C16H21ClN2O4S2. The first kappa shape index (κ1) is 20.1. The van der Waals surface area contributed by atoms with Crippen LogP contribution in [0.4, 0.5) is 0 Å². The highest BCUT2D eigenvalue weighted by atomic mass is 35.5. The number of nitrogens with zero attached hydrogens (tertiary/aromatic N) is 1. The molecule has 25 heavy (non-hydrogen) atoms. The molecule has 1 saturated heterocycles. The molecule has 0 radical (unpaired) electrons. The van der Waals surface area contributed by atoms with Gasteiger partial charge in [-0.25, -0.2) is 13.2 Å². The Bertz CT molecular complexity index is 866. The SMILES string of the molecule is CCOC(=O)c1cc2cc(S(=O)(=O)N3CCCC(N)C3)ccc2s1.Cl. The number of thiophene rings is 1. The minimum Gasteiger partial charge on any atom is -0.462 e. The summed E-state index contributed by atoms with van der Waals surface area (Å²) in [5, 5.41) is 0.727. The van der Waals surface area contributed by atoms with Crippen molar-refractivity contribution in [3.63, 3.8) is 0 Å². The fourth-order valence-corrected chi connectivity index (χ4v) is 5.33. The molecule has 1 atom stereocenters. The van der Waals surface area contributed by atoms with Crippen LogP contribution in [0.15, 0.2) is 29.2 Å². The van der Waals surface area contributed by atoms with Crippen LogP contribution in [0.2, 0.25) is 0 Å². The van der Waals surface area contributed by atoms with Gasteiger partial charge in [0, 0.05) is 23.8 Å². The van der Waals surface area contributed by atoms with Gasteiger partial charge in [-0.05, 0) is 49.4 Å². The lowest BCUT2D eigenvalue weighted by Gasteiger charge is -2.29. The smallest absolute Gasteiger partial charge is 0.348 e. The molecule has 0 amide bonds. The number of esters is 1. The molecule has 2 N–H and O–H groups in total. The number of sulfonamides is 1. The van der Waals surface area contributed by atoms with Gasteiger partial charge in [0.15, 0.2) is 0 Å². The molecule has 1 aliphatic heterocycles. The maximum atomic E-state index is 12.8. The summed E-state index contributed by atoms with van der Waals surface area (Å²) in [6.45, 7) is 2.89. The predicted octanol–water partition coefficient (Wildman–Crippen LogP) is 2.61. The topological polar surface area (TPSA) is 89.7 Å². The lowest BCUT2D eigenvalue weighted by Crippen LogP contribution is -2.45. The zero-order valence-corrected chi connectivity index (χ0v) is 16.3. The van der Waals surface area contributed by atoms with Crippen LogP contribution < -0.4 is 5.73 Å². The number of rotatable bonds is 4. The second kappa shape index (κ2) is 8.01. The van der Waals surface area contributed by atoms with E-state index >= 15 is 0 Å². The first-order valence-electron chi connectivity index (χ1n) is 7.88. The van der Waals surface area contributed by atoms with Crippen molar-refractivity contribution in [2.24, 2.45) is 5.73 Å². The molecule has 1 fully saturated rings. The number of halogens is 1. The van der Waals surface area contributed by atoms with E-state index in [2.05, 4.69) is 0 Å². The zero-order valence-electron chi connectivity index (χ0n) is 13.8. The standard InChI is InChI=1S/C16H20N2O4S2.ClH/c1-2-22-16(19)15-9-11-8-13(5-6-14(11)23-15)24(20,21)18-7-3-4-12(17)10-18;/h5-6,8-9,12H,2-4,7,10,17H2,1H3;1H. The first-order chi connectivity index (χ1) is 11.4. The number of hydrogen-bond acceptors (Lipinski definition) is 6.